The maximum absolute atomic E-state index is 12.9. The second-order valence-electron chi connectivity index (χ2n) is 6.14. The molecular formula is C20H21Cl3N2O2S. The molecule has 28 heavy (non-hydrogen) atoms. The number of thioether (sulfide) groups is 1. The number of halogens is 3. The highest BCUT2D eigenvalue weighted by Gasteiger charge is 2.25. The molecule has 1 N–H and O–H groups in total. The predicted molar refractivity (Wildman–Crippen MR) is 118 cm³/mol. The fraction of sp³-hybridized carbons (Fsp3) is 0.300. The molecule has 0 aliphatic carbocycles. The van der Waals surface area contributed by atoms with Crippen molar-refractivity contribution in [1.82, 2.24) is 10.2 Å². The van der Waals surface area contributed by atoms with Crippen LogP contribution in [0.15, 0.2) is 42.5 Å². The van der Waals surface area contributed by atoms with Crippen molar-refractivity contribution in [2.24, 2.45) is 0 Å². The summed E-state index contributed by atoms with van der Waals surface area (Å²) in [6.07, 6.45) is 0. The van der Waals surface area contributed by atoms with Crippen LogP contribution >= 0.6 is 46.6 Å². The zero-order valence-corrected chi connectivity index (χ0v) is 18.6. The fourth-order valence-electron chi connectivity index (χ4n) is 2.57. The minimum absolute atomic E-state index is 0.138. The number of hydrogen-bond donors (Lipinski definition) is 1. The highest BCUT2D eigenvalue weighted by atomic mass is 35.5. The zero-order chi connectivity index (χ0) is 20.7. The summed E-state index contributed by atoms with van der Waals surface area (Å²) in [4.78, 5) is 26.5. The molecule has 0 aromatic heterocycles. The van der Waals surface area contributed by atoms with Gasteiger partial charge in [-0.05, 0) is 36.2 Å². The van der Waals surface area contributed by atoms with E-state index >= 15 is 0 Å². The standard InChI is InChI=1S/C20H21Cl3N2O2S/c1-13(20(27)24-2)25(10-15-5-3-4-6-16(15)21)19(26)12-28-11-14-7-8-17(22)18(23)9-14/h3-9,13H,10-12H2,1-2H3,(H,24,27)/t13-/m0/s1. The van der Waals surface area contributed by atoms with Gasteiger partial charge in [-0.15, -0.1) is 11.8 Å². The van der Waals surface area contributed by atoms with Crippen LogP contribution in [-0.2, 0) is 21.9 Å². The van der Waals surface area contributed by atoms with Crippen molar-refractivity contribution in [3.8, 4) is 0 Å². The summed E-state index contributed by atoms with van der Waals surface area (Å²) in [5, 5.41) is 4.14. The topological polar surface area (TPSA) is 49.4 Å². The third-order valence-electron chi connectivity index (χ3n) is 4.19. The Morgan fingerprint density at radius 3 is 2.43 bits per heavy atom. The largest absolute Gasteiger partial charge is 0.357 e. The first-order chi connectivity index (χ1) is 13.3. The summed E-state index contributed by atoms with van der Waals surface area (Å²) >= 11 is 19.6. The number of hydrogen-bond acceptors (Lipinski definition) is 3. The maximum Gasteiger partial charge on any atom is 0.242 e. The van der Waals surface area contributed by atoms with Gasteiger partial charge in [0.15, 0.2) is 0 Å². The molecule has 1 atom stereocenters. The van der Waals surface area contributed by atoms with Gasteiger partial charge in [0.1, 0.15) is 6.04 Å². The van der Waals surface area contributed by atoms with E-state index < -0.39 is 6.04 Å². The minimum atomic E-state index is -0.612. The van der Waals surface area contributed by atoms with Crippen molar-refractivity contribution in [1.29, 1.82) is 0 Å². The van der Waals surface area contributed by atoms with E-state index in [1.807, 2.05) is 24.3 Å². The fourth-order valence-corrected chi connectivity index (χ4v) is 3.94. The Kier molecular flexibility index (Phi) is 8.96. The molecule has 2 aromatic carbocycles. The van der Waals surface area contributed by atoms with Crippen LogP contribution in [0.25, 0.3) is 0 Å². The monoisotopic (exact) mass is 458 g/mol. The Labute approximate surface area is 184 Å². The van der Waals surface area contributed by atoms with E-state index in [0.717, 1.165) is 11.1 Å². The number of likely N-dealkylation sites (N-methyl/N-ethyl adjacent to an activating group) is 1. The summed E-state index contributed by atoms with van der Waals surface area (Å²) in [7, 11) is 1.55. The minimum Gasteiger partial charge on any atom is -0.357 e. The predicted octanol–water partition coefficient (Wildman–Crippen LogP) is 5.04. The average molecular weight is 460 g/mol. The molecule has 0 spiro atoms. The van der Waals surface area contributed by atoms with Crippen molar-refractivity contribution in [2.45, 2.75) is 25.3 Å². The number of nitrogens with one attached hydrogen (secondary N) is 1. The highest BCUT2D eigenvalue weighted by Crippen LogP contribution is 2.25. The van der Waals surface area contributed by atoms with Gasteiger partial charge >= 0.3 is 0 Å². The van der Waals surface area contributed by atoms with Crippen LogP contribution in [0, 0.1) is 0 Å². The molecular weight excluding hydrogens is 439 g/mol. The Bertz CT molecular complexity index is 848. The lowest BCUT2D eigenvalue weighted by molar-refractivity contribution is -0.138. The van der Waals surface area contributed by atoms with Gasteiger partial charge in [0, 0.05) is 24.4 Å². The molecule has 0 fully saturated rings. The number of amides is 2. The third kappa shape index (κ3) is 6.31. The highest BCUT2D eigenvalue weighted by molar-refractivity contribution is 7.99. The molecule has 4 nitrogen and oxygen atoms in total. The summed E-state index contributed by atoms with van der Waals surface area (Å²) in [6, 6.07) is 12.1. The number of nitrogens with zero attached hydrogens (tertiary/aromatic N) is 1. The van der Waals surface area contributed by atoms with Gasteiger partial charge in [-0.2, -0.15) is 0 Å². The molecule has 2 rings (SSSR count). The van der Waals surface area contributed by atoms with E-state index in [9.17, 15) is 9.59 Å². The molecule has 0 aliphatic heterocycles. The molecule has 0 heterocycles. The SMILES string of the molecule is CNC(=O)[C@H](C)N(Cc1ccccc1Cl)C(=O)CSCc1ccc(Cl)c(Cl)c1. The third-order valence-corrected chi connectivity index (χ3v) is 6.29. The second kappa shape index (κ2) is 11.0. The summed E-state index contributed by atoms with van der Waals surface area (Å²) < 4.78 is 0. The van der Waals surface area contributed by atoms with Crippen molar-refractivity contribution < 1.29 is 9.59 Å². The van der Waals surface area contributed by atoms with E-state index in [-0.39, 0.29) is 24.1 Å². The Morgan fingerprint density at radius 1 is 1.07 bits per heavy atom. The van der Waals surface area contributed by atoms with Gasteiger partial charge in [0.05, 0.1) is 15.8 Å². The normalized spacial score (nSPS) is 11.8. The van der Waals surface area contributed by atoms with Crippen molar-refractivity contribution >= 4 is 58.4 Å². The number of carbonyl (C=O) groups excluding carboxylic acids is 2. The smallest absolute Gasteiger partial charge is 0.242 e. The Morgan fingerprint density at radius 2 is 1.79 bits per heavy atom. The van der Waals surface area contributed by atoms with Crippen LogP contribution in [0.3, 0.4) is 0 Å². The van der Waals surface area contributed by atoms with Gasteiger partial charge in [-0.1, -0.05) is 59.1 Å². The molecule has 0 radical (unpaired) electrons. The van der Waals surface area contributed by atoms with Crippen LogP contribution in [0.1, 0.15) is 18.1 Å². The van der Waals surface area contributed by atoms with Gasteiger partial charge in [-0.25, -0.2) is 0 Å². The van der Waals surface area contributed by atoms with Gasteiger partial charge in [0.2, 0.25) is 11.8 Å². The Balaban J connectivity index is 2.06. The van der Waals surface area contributed by atoms with Crippen LogP contribution in [-0.4, -0.2) is 35.6 Å². The average Bonchev–Trinajstić information content (AvgIpc) is 2.68. The summed E-state index contributed by atoms with van der Waals surface area (Å²) in [6.45, 7) is 1.97. The quantitative estimate of drug-likeness (QED) is 0.601. The van der Waals surface area contributed by atoms with Gasteiger partial charge in [0.25, 0.3) is 0 Å². The lowest BCUT2D eigenvalue weighted by Crippen LogP contribution is -2.47. The van der Waals surface area contributed by atoms with Crippen molar-refractivity contribution in [2.75, 3.05) is 12.8 Å². The van der Waals surface area contributed by atoms with Crippen LogP contribution in [0.4, 0.5) is 0 Å². The number of benzene rings is 2. The molecule has 0 unspecified atom stereocenters. The van der Waals surface area contributed by atoms with E-state index in [4.69, 9.17) is 34.8 Å². The first kappa shape index (κ1) is 22.9. The van der Waals surface area contributed by atoms with Crippen LogP contribution in [0.2, 0.25) is 15.1 Å². The molecule has 0 saturated heterocycles. The lowest BCUT2D eigenvalue weighted by atomic mass is 10.1. The van der Waals surface area contributed by atoms with Crippen molar-refractivity contribution in [3.05, 3.63) is 68.7 Å². The molecule has 150 valence electrons. The first-order valence-electron chi connectivity index (χ1n) is 8.59. The Hall–Kier alpha value is -1.40. The van der Waals surface area contributed by atoms with E-state index in [1.165, 1.54) is 11.8 Å². The van der Waals surface area contributed by atoms with E-state index in [1.54, 1.807) is 37.1 Å². The van der Waals surface area contributed by atoms with Gasteiger partial charge in [-0.3, -0.25) is 9.59 Å². The zero-order valence-electron chi connectivity index (χ0n) is 15.5. The van der Waals surface area contributed by atoms with Crippen LogP contribution in [0.5, 0.6) is 0 Å². The van der Waals surface area contributed by atoms with Gasteiger partial charge < -0.3 is 10.2 Å². The number of rotatable bonds is 8. The van der Waals surface area contributed by atoms with Crippen molar-refractivity contribution in [3.63, 3.8) is 0 Å². The first-order valence-corrected chi connectivity index (χ1v) is 10.9. The molecule has 2 amide bonds. The molecule has 0 bridgehead atoms. The summed E-state index contributed by atoms with van der Waals surface area (Å²) in [5.74, 6) is 0.471. The van der Waals surface area contributed by atoms with E-state index in [2.05, 4.69) is 5.32 Å². The maximum atomic E-state index is 12.9. The lowest BCUT2D eigenvalue weighted by Gasteiger charge is -2.28. The van der Waals surface area contributed by atoms with Crippen LogP contribution < -0.4 is 5.32 Å². The molecule has 8 heteroatoms. The van der Waals surface area contributed by atoms with E-state index in [0.29, 0.717) is 20.8 Å². The molecule has 0 saturated carbocycles. The number of carbonyl (C=O) groups is 2. The molecule has 2 aromatic rings. The second-order valence-corrected chi connectivity index (χ2v) is 8.35. The molecule has 0 aliphatic rings. The summed E-state index contributed by atoms with van der Waals surface area (Å²) in [5.41, 5.74) is 1.77.